The summed E-state index contributed by atoms with van der Waals surface area (Å²) in [6, 6.07) is 18.6. The number of nitrogens with zero attached hydrogens (tertiary/aromatic N) is 3. The lowest BCUT2D eigenvalue weighted by Gasteiger charge is -2.33. The number of methoxy groups -OCH3 is 2. The molecule has 3 aromatic carbocycles. The van der Waals surface area contributed by atoms with E-state index in [1.54, 1.807) is 21.9 Å². The fourth-order valence-corrected chi connectivity index (χ4v) is 9.17. The molecule has 6 amide bonds. The van der Waals surface area contributed by atoms with Crippen molar-refractivity contribution in [3.63, 3.8) is 0 Å². The molecule has 6 rings (SSSR count). The fraction of sp³-hybridized carbons (Fsp3) is 0.500. The number of ether oxygens (including phenoxy) is 2. The molecule has 15 nitrogen and oxygen atoms in total. The molecule has 3 aliphatic heterocycles. The van der Waals surface area contributed by atoms with E-state index in [4.69, 9.17) is 9.47 Å². The Morgan fingerprint density at radius 2 is 1.00 bits per heavy atom. The molecular weight excluding hydrogens is 822 g/mol. The second kappa shape index (κ2) is 21.5. The smallest absolute Gasteiger partial charge is 0.407 e. The lowest BCUT2D eigenvalue weighted by molar-refractivity contribution is -0.139. The first-order chi connectivity index (χ1) is 30.8. The van der Waals surface area contributed by atoms with Crippen molar-refractivity contribution in [1.29, 1.82) is 0 Å². The van der Waals surface area contributed by atoms with E-state index in [-0.39, 0.29) is 53.4 Å². The Labute approximate surface area is 374 Å². The largest absolute Gasteiger partial charge is 0.453 e. The number of carbonyl (C=O) groups excluding carboxylic acids is 6. The van der Waals surface area contributed by atoms with Crippen molar-refractivity contribution in [2.45, 2.75) is 115 Å². The van der Waals surface area contributed by atoms with Gasteiger partial charge in [-0.05, 0) is 110 Å². The average molecular weight is 884 g/mol. The van der Waals surface area contributed by atoms with Crippen LogP contribution >= 0.6 is 0 Å². The summed E-state index contributed by atoms with van der Waals surface area (Å²) in [6.07, 6.45) is 3.80. The zero-order valence-electron chi connectivity index (χ0n) is 37.6. The molecule has 0 aromatic heterocycles. The SMILES string of the molecule is CC[C@H](C)[C@H](NC(=O)OC)C(=O)N1CCC[C@H]1C(=O)Nc1ccc(C2CCC(c3ccc(NC(=O)[C@@H]4CCCN4C(=O)[C@@H](NC(=O)OC)[C@@H](C)CC)cc3)N2c2ccc(F)cc2)cc1. The second-order valence-corrected chi connectivity index (χ2v) is 17.1. The van der Waals surface area contributed by atoms with Crippen LogP contribution < -0.4 is 26.2 Å². The summed E-state index contributed by atoms with van der Waals surface area (Å²) >= 11 is 0. The van der Waals surface area contributed by atoms with Gasteiger partial charge in [0.05, 0.1) is 26.3 Å². The van der Waals surface area contributed by atoms with Crippen LogP contribution in [0.3, 0.4) is 0 Å². The van der Waals surface area contributed by atoms with Crippen molar-refractivity contribution in [2.75, 3.05) is 42.8 Å². The normalized spacial score (nSPS) is 21.3. The van der Waals surface area contributed by atoms with Crippen LogP contribution in [-0.2, 0) is 28.7 Å². The summed E-state index contributed by atoms with van der Waals surface area (Å²) in [7, 11) is 2.49. The van der Waals surface area contributed by atoms with Gasteiger partial charge in [0, 0.05) is 30.2 Å². The molecule has 4 N–H and O–H groups in total. The number of rotatable bonds is 15. The van der Waals surface area contributed by atoms with Gasteiger partial charge in [-0.2, -0.15) is 0 Å². The maximum Gasteiger partial charge on any atom is 0.407 e. The van der Waals surface area contributed by atoms with Gasteiger partial charge >= 0.3 is 12.2 Å². The molecule has 0 spiro atoms. The Bertz CT molecular complexity index is 1990. The summed E-state index contributed by atoms with van der Waals surface area (Å²) in [4.78, 5) is 84.2. The molecule has 3 saturated heterocycles. The number of anilines is 3. The van der Waals surface area contributed by atoms with Crippen LogP contribution in [-0.4, -0.2) is 97.1 Å². The maximum atomic E-state index is 14.2. The third-order valence-corrected chi connectivity index (χ3v) is 13.2. The van der Waals surface area contributed by atoms with Crippen LogP contribution in [0, 0.1) is 17.7 Å². The number of hydrogen-bond donors (Lipinski definition) is 4. The quantitative estimate of drug-likeness (QED) is 0.122. The van der Waals surface area contributed by atoms with Crippen molar-refractivity contribution in [3.8, 4) is 0 Å². The third-order valence-electron chi connectivity index (χ3n) is 13.2. The fourth-order valence-electron chi connectivity index (χ4n) is 9.17. The predicted molar refractivity (Wildman–Crippen MR) is 241 cm³/mol. The second-order valence-electron chi connectivity index (χ2n) is 17.1. The first-order valence-electron chi connectivity index (χ1n) is 22.4. The molecule has 0 bridgehead atoms. The van der Waals surface area contributed by atoms with Gasteiger partial charge in [-0.15, -0.1) is 0 Å². The van der Waals surface area contributed by atoms with Crippen LogP contribution in [0.15, 0.2) is 72.8 Å². The highest BCUT2D eigenvalue weighted by Gasteiger charge is 2.41. The monoisotopic (exact) mass is 883 g/mol. The summed E-state index contributed by atoms with van der Waals surface area (Å²) in [6.45, 7) is 8.44. The Morgan fingerprint density at radius 3 is 1.36 bits per heavy atom. The number of likely N-dealkylation sites (tertiary alicyclic amines) is 2. The van der Waals surface area contributed by atoms with Crippen LogP contribution in [0.5, 0.6) is 0 Å². The van der Waals surface area contributed by atoms with Gasteiger partial charge in [0.1, 0.15) is 30.0 Å². The van der Waals surface area contributed by atoms with Gasteiger partial charge in [0.25, 0.3) is 0 Å². The van der Waals surface area contributed by atoms with E-state index in [2.05, 4.69) is 26.2 Å². The van der Waals surface area contributed by atoms with Crippen molar-refractivity contribution in [3.05, 3.63) is 89.7 Å². The molecule has 344 valence electrons. The molecule has 2 unspecified atom stereocenters. The Hall–Kier alpha value is -6.19. The van der Waals surface area contributed by atoms with E-state index in [1.807, 2.05) is 76.2 Å². The topological polar surface area (TPSA) is 179 Å². The van der Waals surface area contributed by atoms with Crippen molar-refractivity contribution in [2.24, 2.45) is 11.8 Å². The maximum absolute atomic E-state index is 14.2. The molecular formula is C48H62FN7O8. The Balaban J connectivity index is 1.14. The van der Waals surface area contributed by atoms with Gasteiger partial charge in [-0.1, -0.05) is 64.8 Å². The van der Waals surface area contributed by atoms with Crippen LogP contribution in [0.2, 0.25) is 0 Å². The van der Waals surface area contributed by atoms with Crippen LogP contribution in [0.1, 0.15) is 102 Å². The highest BCUT2D eigenvalue weighted by molar-refractivity contribution is 5.99. The summed E-state index contributed by atoms with van der Waals surface area (Å²) in [5, 5.41) is 11.3. The molecule has 64 heavy (non-hydrogen) atoms. The molecule has 0 saturated carbocycles. The van der Waals surface area contributed by atoms with Crippen molar-refractivity contribution >= 4 is 52.9 Å². The minimum Gasteiger partial charge on any atom is -0.453 e. The van der Waals surface area contributed by atoms with E-state index in [0.29, 0.717) is 63.0 Å². The number of carbonyl (C=O) groups is 6. The standard InChI is InChI=1S/C48H62FN7O8/c1-7-29(3)41(52-47(61)63-5)45(59)54-27-9-11-39(54)43(57)50-34-19-13-31(14-20-34)37-25-26-38(56(37)36-23-17-33(49)18-24-36)32-15-21-35(22-16-32)51-44(58)40-12-10-28-55(40)46(60)42(30(4)8-2)53-48(62)64-6/h13-24,29-30,37-42H,7-12,25-28H2,1-6H3,(H,50,57)(H,51,58)(H,52,61)(H,53,62)/t29-,30-,37?,38?,39-,40-,41-,42-/m0/s1. The molecule has 16 heteroatoms. The number of halogens is 1. The summed E-state index contributed by atoms with van der Waals surface area (Å²) in [5.41, 5.74) is 4.01. The number of amides is 6. The summed E-state index contributed by atoms with van der Waals surface area (Å²) < 4.78 is 23.7. The van der Waals surface area contributed by atoms with Crippen LogP contribution in [0.4, 0.5) is 31.0 Å². The predicted octanol–water partition coefficient (Wildman–Crippen LogP) is 7.31. The van der Waals surface area contributed by atoms with Crippen molar-refractivity contribution < 1.29 is 42.6 Å². The third kappa shape index (κ3) is 10.8. The number of benzene rings is 3. The van der Waals surface area contributed by atoms with Gasteiger partial charge < -0.3 is 45.4 Å². The molecule has 8 atom stereocenters. The molecule has 0 aliphatic carbocycles. The van der Waals surface area contributed by atoms with Gasteiger partial charge in [0.15, 0.2) is 0 Å². The van der Waals surface area contributed by atoms with Gasteiger partial charge in [-0.3, -0.25) is 19.2 Å². The summed E-state index contributed by atoms with van der Waals surface area (Å²) in [5.74, 6) is -1.89. The highest BCUT2D eigenvalue weighted by Crippen LogP contribution is 2.47. The average Bonchev–Trinajstić information content (AvgIpc) is 4.11. The number of nitrogens with one attached hydrogen (secondary N) is 4. The zero-order valence-corrected chi connectivity index (χ0v) is 37.6. The first kappa shape index (κ1) is 47.3. The minimum atomic E-state index is -0.817. The molecule has 3 heterocycles. The van der Waals surface area contributed by atoms with E-state index in [0.717, 1.165) is 29.7 Å². The van der Waals surface area contributed by atoms with E-state index < -0.39 is 36.4 Å². The molecule has 0 radical (unpaired) electrons. The van der Waals surface area contributed by atoms with E-state index >= 15 is 0 Å². The van der Waals surface area contributed by atoms with E-state index in [9.17, 15) is 33.2 Å². The van der Waals surface area contributed by atoms with E-state index in [1.165, 1.54) is 26.4 Å². The van der Waals surface area contributed by atoms with Gasteiger partial charge in [0.2, 0.25) is 23.6 Å². The van der Waals surface area contributed by atoms with Gasteiger partial charge in [-0.25, -0.2) is 14.0 Å². The molecule has 3 fully saturated rings. The zero-order chi connectivity index (χ0) is 46.1. The highest BCUT2D eigenvalue weighted by atomic mass is 19.1. The lowest BCUT2D eigenvalue weighted by atomic mass is 9.97. The molecule has 3 aromatic rings. The lowest BCUT2D eigenvalue weighted by Crippen LogP contribution is -2.54. The van der Waals surface area contributed by atoms with Crippen LogP contribution in [0.25, 0.3) is 0 Å². The Morgan fingerprint density at radius 1 is 0.609 bits per heavy atom. The number of alkyl carbamates (subject to hydrolysis) is 2. The number of hydrogen-bond acceptors (Lipinski definition) is 9. The minimum absolute atomic E-state index is 0.0823. The Kier molecular flexibility index (Phi) is 15.9. The van der Waals surface area contributed by atoms with Crippen molar-refractivity contribution in [1.82, 2.24) is 20.4 Å². The molecule has 3 aliphatic rings. The first-order valence-corrected chi connectivity index (χ1v) is 22.4.